The number of nitrogens with one attached hydrogen (secondary N) is 4. The molecule has 1 rings (SSSR count). The molecule has 0 spiro atoms. The Balaban J connectivity index is 3.27. The quantitative estimate of drug-likeness (QED) is 0.0752. The number of primary amides is 4. The first-order chi connectivity index (χ1) is 22.4. The summed E-state index contributed by atoms with van der Waals surface area (Å²) in [4.78, 5) is 104. The predicted octanol–water partition coefficient (Wildman–Crippen LogP) is -6.83. The molecule has 12 N–H and O–H groups in total. The third kappa shape index (κ3) is 17.0. The van der Waals surface area contributed by atoms with Crippen molar-refractivity contribution in [1.82, 2.24) is 40.9 Å². The van der Waals surface area contributed by atoms with Gasteiger partial charge < -0.3 is 44.2 Å². The number of carbonyl (C=O) groups excluding carboxylic acids is 8. The molecule has 1 aliphatic rings. The summed E-state index contributed by atoms with van der Waals surface area (Å²) >= 11 is 0. The molecule has 1 aliphatic heterocycles. The van der Waals surface area contributed by atoms with E-state index in [-0.39, 0.29) is 78.5 Å². The number of hydrogen-bond acceptors (Lipinski definition) is 12. The molecule has 20 heteroatoms. The van der Waals surface area contributed by atoms with Crippen molar-refractivity contribution in [2.75, 3.05) is 78.5 Å². The smallest absolute Gasteiger partial charge is 0.239 e. The minimum atomic E-state index is -0.904. The number of nitrogens with two attached hydrogens (primary N) is 4. The molecule has 0 bridgehead atoms. The average Bonchev–Trinajstić information content (AvgIpc) is 2.97. The highest BCUT2D eigenvalue weighted by Crippen LogP contribution is 2.03. The number of amides is 8. The van der Waals surface area contributed by atoms with Gasteiger partial charge in [0.2, 0.25) is 47.3 Å². The van der Waals surface area contributed by atoms with Crippen molar-refractivity contribution in [1.29, 1.82) is 0 Å². The molecule has 48 heavy (non-hydrogen) atoms. The normalized spacial score (nSPS) is 18.4. The van der Waals surface area contributed by atoms with Crippen LogP contribution in [0.15, 0.2) is 0 Å². The molecule has 1 saturated heterocycles. The summed E-state index contributed by atoms with van der Waals surface area (Å²) in [5.74, 6) is -4.67. The van der Waals surface area contributed by atoms with Crippen LogP contribution in [0.5, 0.6) is 0 Å². The maximum Gasteiger partial charge on any atom is 0.239 e. The van der Waals surface area contributed by atoms with Crippen LogP contribution >= 0.6 is 0 Å². The fourth-order valence-electron chi connectivity index (χ4n) is 4.46. The van der Waals surface area contributed by atoms with Crippen molar-refractivity contribution in [3.05, 3.63) is 0 Å². The van der Waals surface area contributed by atoms with Gasteiger partial charge in [-0.15, -0.1) is 0 Å². The molecule has 1 fully saturated rings. The third-order valence-corrected chi connectivity index (χ3v) is 7.62. The van der Waals surface area contributed by atoms with Crippen LogP contribution in [0.1, 0.15) is 27.7 Å². The number of carbonyl (C=O) groups is 8. The molecule has 4 atom stereocenters. The second-order valence-electron chi connectivity index (χ2n) is 11.9. The lowest BCUT2D eigenvalue weighted by atomic mass is 10.2. The SMILES string of the molecule is C[C@H](NC(=O)CN1CCN(CC(=O)N[C@@H](C)C(N)=O)CCN(CC(=O)N[C@@H](C)C(N)=O)CCN(CC(=O)N[C@@H](C)C(N)=O)CC1)C(N)=O. The van der Waals surface area contributed by atoms with Crippen molar-refractivity contribution in [2.45, 2.75) is 51.9 Å². The Kier molecular flexibility index (Phi) is 18.0. The highest BCUT2D eigenvalue weighted by Gasteiger charge is 2.24. The van der Waals surface area contributed by atoms with E-state index in [1.165, 1.54) is 27.7 Å². The molecule has 20 nitrogen and oxygen atoms in total. The number of hydrogen-bond donors (Lipinski definition) is 8. The zero-order valence-corrected chi connectivity index (χ0v) is 28.2. The Hall–Kier alpha value is -4.40. The van der Waals surface area contributed by atoms with Gasteiger partial charge in [-0.2, -0.15) is 0 Å². The van der Waals surface area contributed by atoms with Crippen LogP contribution in [0.2, 0.25) is 0 Å². The molecule has 0 saturated carbocycles. The molecule has 0 radical (unpaired) electrons. The van der Waals surface area contributed by atoms with E-state index in [9.17, 15) is 38.4 Å². The van der Waals surface area contributed by atoms with Gasteiger partial charge in [-0.1, -0.05) is 0 Å². The van der Waals surface area contributed by atoms with Crippen molar-refractivity contribution in [3.8, 4) is 0 Å². The van der Waals surface area contributed by atoms with Crippen LogP contribution in [0.3, 0.4) is 0 Å². The molecule has 0 aromatic heterocycles. The maximum atomic E-state index is 12.8. The van der Waals surface area contributed by atoms with Crippen molar-refractivity contribution in [2.24, 2.45) is 22.9 Å². The molecular weight excluding hydrogens is 632 g/mol. The molecule has 0 aliphatic carbocycles. The first-order valence-electron chi connectivity index (χ1n) is 15.6. The molecule has 0 unspecified atom stereocenters. The van der Waals surface area contributed by atoms with E-state index < -0.39 is 71.4 Å². The van der Waals surface area contributed by atoms with Crippen molar-refractivity contribution >= 4 is 47.3 Å². The zero-order valence-electron chi connectivity index (χ0n) is 28.2. The lowest BCUT2D eigenvalue weighted by Gasteiger charge is -2.34. The van der Waals surface area contributed by atoms with Gasteiger partial charge in [-0.3, -0.25) is 58.0 Å². The first kappa shape index (κ1) is 41.6. The van der Waals surface area contributed by atoms with Gasteiger partial charge in [0.05, 0.1) is 26.2 Å². The summed E-state index contributed by atoms with van der Waals surface area (Å²) in [5, 5.41) is 10.1. The highest BCUT2D eigenvalue weighted by atomic mass is 16.2. The van der Waals surface area contributed by atoms with Crippen LogP contribution in [0.4, 0.5) is 0 Å². The summed E-state index contributed by atoms with van der Waals surface area (Å²) in [6, 6.07) is -3.61. The molecule has 1 heterocycles. The van der Waals surface area contributed by atoms with Crippen LogP contribution < -0.4 is 44.2 Å². The van der Waals surface area contributed by atoms with Gasteiger partial charge in [0.1, 0.15) is 24.2 Å². The molecular formula is C28H52N12O8. The summed E-state index contributed by atoms with van der Waals surface area (Å²) in [5.41, 5.74) is 21.1. The summed E-state index contributed by atoms with van der Waals surface area (Å²) < 4.78 is 0. The zero-order chi connectivity index (χ0) is 36.6. The monoisotopic (exact) mass is 684 g/mol. The molecule has 272 valence electrons. The largest absolute Gasteiger partial charge is 0.368 e. The fraction of sp³-hybridized carbons (Fsp3) is 0.714. The lowest BCUT2D eigenvalue weighted by molar-refractivity contribution is -0.129. The summed E-state index contributed by atoms with van der Waals surface area (Å²) in [7, 11) is 0. The average molecular weight is 685 g/mol. The Labute approximate surface area is 279 Å². The van der Waals surface area contributed by atoms with E-state index in [4.69, 9.17) is 22.9 Å². The van der Waals surface area contributed by atoms with Gasteiger partial charge >= 0.3 is 0 Å². The maximum absolute atomic E-state index is 12.8. The predicted molar refractivity (Wildman–Crippen MR) is 173 cm³/mol. The Morgan fingerprint density at radius 2 is 0.542 bits per heavy atom. The van der Waals surface area contributed by atoms with Crippen molar-refractivity contribution < 1.29 is 38.4 Å². The van der Waals surface area contributed by atoms with Crippen LogP contribution in [0, 0.1) is 0 Å². The minimum Gasteiger partial charge on any atom is -0.368 e. The van der Waals surface area contributed by atoms with E-state index in [0.717, 1.165) is 0 Å². The van der Waals surface area contributed by atoms with Gasteiger partial charge in [0.15, 0.2) is 0 Å². The van der Waals surface area contributed by atoms with Crippen LogP contribution in [0.25, 0.3) is 0 Å². The standard InChI is InChI=1S/C28H52N12O8/c1-17(25(29)45)33-21(41)13-37-5-7-38(14-22(42)34-18(2)26(30)46)9-11-40(16-24(44)36-20(4)28(32)48)12-10-39(8-6-37)15-23(43)35-19(3)27(31)47/h17-20H,5-16H2,1-4H3,(H2,29,45)(H2,30,46)(H2,31,47)(H2,32,48)(H,33,41)(H,34,42)(H,35,43)(H,36,44)/t17-,18-,19-,20-/m0/s1. The van der Waals surface area contributed by atoms with Crippen LogP contribution in [-0.4, -0.2) is 170 Å². The van der Waals surface area contributed by atoms with Crippen molar-refractivity contribution in [3.63, 3.8) is 0 Å². The van der Waals surface area contributed by atoms with E-state index in [1.807, 2.05) is 0 Å². The van der Waals surface area contributed by atoms with Gasteiger partial charge in [0.25, 0.3) is 0 Å². The molecule has 0 aromatic carbocycles. The number of nitrogens with zero attached hydrogens (tertiary/aromatic N) is 4. The topological polar surface area (TPSA) is 302 Å². The van der Waals surface area contributed by atoms with Gasteiger partial charge in [-0.25, -0.2) is 0 Å². The second-order valence-corrected chi connectivity index (χ2v) is 11.9. The Morgan fingerprint density at radius 3 is 0.667 bits per heavy atom. The van der Waals surface area contributed by atoms with E-state index in [1.54, 1.807) is 19.6 Å². The van der Waals surface area contributed by atoms with Gasteiger partial charge in [0, 0.05) is 52.4 Å². The fourth-order valence-corrected chi connectivity index (χ4v) is 4.46. The van der Waals surface area contributed by atoms with E-state index in [2.05, 4.69) is 21.3 Å². The first-order valence-corrected chi connectivity index (χ1v) is 15.6. The lowest BCUT2D eigenvalue weighted by Crippen LogP contribution is -2.53. The Bertz CT molecular complexity index is 979. The van der Waals surface area contributed by atoms with E-state index in [0.29, 0.717) is 0 Å². The van der Waals surface area contributed by atoms with Gasteiger partial charge in [-0.05, 0) is 27.7 Å². The summed E-state index contributed by atoms with van der Waals surface area (Å²) in [6.45, 7) is 7.48. The minimum absolute atomic E-state index is 0.126. The molecule has 0 aromatic rings. The van der Waals surface area contributed by atoms with E-state index >= 15 is 0 Å². The highest BCUT2D eigenvalue weighted by molar-refractivity contribution is 5.89. The van der Waals surface area contributed by atoms with Crippen LogP contribution in [-0.2, 0) is 38.4 Å². The molecule has 8 amide bonds. The second kappa shape index (κ2) is 20.8. The number of rotatable bonds is 16. The Morgan fingerprint density at radius 1 is 0.396 bits per heavy atom. The summed E-state index contributed by atoms with van der Waals surface area (Å²) in [6.07, 6.45) is 0. The third-order valence-electron chi connectivity index (χ3n) is 7.62.